The highest BCUT2D eigenvalue weighted by atomic mass is 15.1. The molecule has 1 N–H and O–H groups in total. The molecular weight excluding hydrogens is 124 g/mol. The zero-order chi connectivity index (χ0) is 7.98. The molecule has 0 fully saturated rings. The van der Waals surface area contributed by atoms with Crippen LogP contribution in [0.4, 0.5) is 0 Å². The van der Waals surface area contributed by atoms with Crippen LogP contribution in [0, 0.1) is 0 Å². The van der Waals surface area contributed by atoms with E-state index in [1.807, 2.05) is 13.8 Å². The maximum atomic E-state index is 3.15. The maximum absolute atomic E-state index is 3.15. The van der Waals surface area contributed by atoms with E-state index in [2.05, 4.69) is 30.5 Å². The van der Waals surface area contributed by atoms with Gasteiger partial charge in [0.15, 0.2) is 0 Å². The van der Waals surface area contributed by atoms with Crippen LogP contribution in [0.2, 0.25) is 0 Å². The fourth-order valence-corrected chi connectivity index (χ4v) is 0.815. The van der Waals surface area contributed by atoms with Crippen LogP contribution in [0.25, 0.3) is 0 Å². The van der Waals surface area contributed by atoms with Crippen molar-refractivity contribution in [2.75, 3.05) is 20.6 Å². The lowest BCUT2D eigenvalue weighted by Crippen LogP contribution is -2.08. The van der Waals surface area contributed by atoms with Gasteiger partial charge >= 0.3 is 0 Å². The second-order valence-electron chi connectivity index (χ2n) is 2.23. The van der Waals surface area contributed by atoms with Gasteiger partial charge in [-0.1, -0.05) is 13.8 Å². The summed E-state index contributed by atoms with van der Waals surface area (Å²) in [6, 6.07) is 0. The van der Waals surface area contributed by atoms with Crippen molar-refractivity contribution in [1.29, 1.82) is 0 Å². The summed E-state index contributed by atoms with van der Waals surface area (Å²) in [7, 11) is 4.14. The van der Waals surface area contributed by atoms with E-state index >= 15 is 0 Å². The Morgan fingerprint density at radius 3 is 2.20 bits per heavy atom. The molecule has 0 unspecified atom stereocenters. The monoisotopic (exact) mass is 142 g/mol. The van der Waals surface area contributed by atoms with E-state index in [1.165, 1.54) is 12.1 Å². The fraction of sp³-hybridized carbons (Fsp3) is 0.750. The first kappa shape index (κ1) is 9.34. The third-order valence-electron chi connectivity index (χ3n) is 1.37. The molecule has 0 atom stereocenters. The van der Waals surface area contributed by atoms with Crippen molar-refractivity contribution in [2.24, 2.45) is 0 Å². The number of nitrogens with zero attached hydrogens (tertiary/aromatic N) is 1. The number of nitrogens with one attached hydrogen (secondary N) is 1. The molecule has 2 nitrogen and oxygen atoms in total. The third-order valence-corrected chi connectivity index (χ3v) is 1.37. The van der Waals surface area contributed by atoms with Crippen LogP contribution in [0.1, 0.15) is 20.3 Å². The Hall–Kier alpha value is -0.660. The standard InChI is InChI=1S/C6H12N2.C2H6/c1-8(2)6-3-4-7-5-6;1-2/h5,7H,3-4H2,1-2H3;1-2H3. The molecular formula is C8H18N2. The summed E-state index contributed by atoms with van der Waals surface area (Å²) in [5.41, 5.74) is 1.39. The van der Waals surface area contributed by atoms with E-state index in [0.29, 0.717) is 0 Å². The van der Waals surface area contributed by atoms with Gasteiger partial charge < -0.3 is 10.2 Å². The Balaban J connectivity index is 0.000000371. The highest BCUT2D eigenvalue weighted by Crippen LogP contribution is 2.06. The van der Waals surface area contributed by atoms with Gasteiger partial charge in [-0.05, 0) is 0 Å². The summed E-state index contributed by atoms with van der Waals surface area (Å²) in [5, 5.41) is 3.15. The lowest BCUT2D eigenvalue weighted by Gasteiger charge is -2.10. The minimum atomic E-state index is 1.10. The molecule has 0 aromatic heterocycles. The van der Waals surface area contributed by atoms with Crippen LogP contribution in [0.15, 0.2) is 11.9 Å². The molecule has 60 valence electrons. The lowest BCUT2D eigenvalue weighted by atomic mass is 10.4. The van der Waals surface area contributed by atoms with Gasteiger partial charge in [0.25, 0.3) is 0 Å². The van der Waals surface area contributed by atoms with E-state index in [0.717, 1.165) is 6.54 Å². The average molecular weight is 142 g/mol. The van der Waals surface area contributed by atoms with Crippen molar-refractivity contribution in [2.45, 2.75) is 20.3 Å². The van der Waals surface area contributed by atoms with Crippen LogP contribution >= 0.6 is 0 Å². The molecule has 0 aliphatic carbocycles. The van der Waals surface area contributed by atoms with E-state index in [-0.39, 0.29) is 0 Å². The molecule has 0 aromatic rings. The lowest BCUT2D eigenvalue weighted by molar-refractivity contribution is 0.499. The topological polar surface area (TPSA) is 15.3 Å². The van der Waals surface area contributed by atoms with Crippen LogP contribution in [0.3, 0.4) is 0 Å². The zero-order valence-corrected chi connectivity index (χ0v) is 7.44. The smallest absolute Gasteiger partial charge is 0.0304 e. The Kier molecular flexibility index (Phi) is 4.81. The summed E-state index contributed by atoms with van der Waals surface area (Å²) in [6.45, 7) is 5.10. The van der Waals surface area contributed by atoms with Gasteiger partial charge in [-0.2, -0.15) is 0 Å². The van der Waals surface area contributed by atoms with Crippen molar-refractivity contribution < 1.29 is 0 Å². The van der Waals surface area contributed by atoms with Crippen molar-refractivity contribution >= 4 is 0 Å². The molecule has 0 radical (unpaired) electrons. The first-order chi connectivity index (χ1) is 4.80. The molecule has 0 aromatic carbocycles. The van der Waals surface area contributed by atoms with Gasteiger partial charge in [-0.15, -0.1) is 0 Å². The van der Waals surface area contributed by atoms with Gasteiger partial charge in [0, 0.05) is 39.0 Å². The van der Waals surface area contributed by atoms with Crippen molar-refractivity contribution in [3.05, 3.63) is 11.9 Å². The maximum Gasteiger partial charge on any atom is 0.0304 e. The molecule has 1 heterocycles. The van der Waals surface area contributed by atoms with E-state index in [4.69, 9.17) is 0 Å². The zero-order valence-electron chi connectivity index (χ0n) is 7.44. The molecule has 0 amide bonds. The Bertz CT molecular complexity index is 106. The number of hydrogen-bond donors (Lipinski definition) is 1. The summed E-state index contributed by atoms with van der Waals surface area (Å²) >= 11 is 0. The van der Waals surface area contributed by atoms with Crippen molar-refractivity contribution in [1.82, 2.24) is 10.2 Å². The summed E-state index contributed by atoms with van der Waals surface area (Å²) in [4.78, 5) is 2.14. The molecule has 0 saturated carbocycles. The Morgan fingerprint density at radius 2 is 2.00 bits per heavy atom. The molecule has 1 rings (SSSR count). The summed E-state index contributed by atoms with van der Waals surface area (Å²) in [5.74, 6) is 0. The molecule has 2 heteroatoms. The van der Waals surface area contributed by atoms with E-state index < -0.39 is 0 Å². The van der Waals surface area contributed by atoms with Gasteiger partial charge in [0.05, 0.1) is 0 Å². The Morgan fingerprint density at radius 1 is 1.40 bits per heavy atom. The molecule has 0 bridgehead atoms. The van der Waals surface area contributed by atoms with Gasteiger partial charge in [0.2, 0.25) is 0 Å². The first-order valence-electron chi connectivity index (χ1n) is 3.90. The molecule has 1 aliphatic heterocycles. The molecule has 10 heavy (non-hydrogen) atoms. The second kappa shape index (κ2) is 5.15. The largest absolute Gasteiger partial charge is 0.389 e. The number of hydrogen-bond acceptors (Lipinski definition) is 2. The highest BCUT2D eigenvalue weighted by molar-refractivity contribution is 5.03. The van der Waals surface area contributed by atoms with Crippen LogP contribution < -0.4 is 5.32 Å². The summed E-state index contributed by atoms with van der Waals surface area (Å²) in [6.07, 6.45) is 3.24. The van der Waals surface area contributed by atoms with Crippen molar-refractivity contribution in [3.8, 4) is 0 Å². The van der Waals surface area contributed by atoms with Crippen LogP contribution in [0.5, 0.6) is 0 Å². The second-order valence-corrected chi connectivity index (χ2v) is 2.23. The van der Waals surface area contributed by atoms with Gasteiger partial charge in [0.1, 0.15) is 0 Å². The fourth-order valence-electron chi connectivity index (χ4n) is 0.815. The predicted molar refractivity (Wildman–Crippen MR) is 45.7 cm³/mol. The Labute approximate surface area is 63.9 Å². The van der Waals surface area contributed by atoms with Gasteiger partial charge in [-0.3, -0.25) is 0 Å². The predicted octanol–water partition coefficient (Wildman–Crippen LogP) is 1.41. The summed E-state index contributed by atoms with van der Waals surface area (Å²) < 4.78 is 0. The van der Waals surface area contributed by atoms with Crippen LogP contribution in [-0.2, 0) is 0 Å². The van der Waals surface area contributed by atoms with Crippen molar-refractivity contribution in [3.63, 3.8) is 0 Å². The molecule has 1 aliphatic rings. The normalized spacial score (nSPS) is 14.6. The van der Waals surface area contributed by atoms with Crippen LogP contribution in [-0.4, -0.2) is 25.5 Å². The van der Waals surface area contributed by atoms with Gasteiger partial charge in [-0.25, -0.2) is 0 Å². The molecule has 0 spiro atoms. The quantitative estimate of drug-likeness (QED) is 0.595. The minimum Gasteiger partial charge on any atom is -0.389 e. The SMILES string of the molecule is CC.CN(C)C1=CNCC1. The first-order valence-corrected chi connectivity index (χ1v) is 3.90. The average Bonchev–Trinajstić information content (AvgIpc) is 2.42. The van der Waals surface area contributed by atoms with E-state index in [1.54, 1.807) is 0 Å². The number of rotatable bonds is 1. The molecule has 0 saturated heterocycles. The third kappa shape index (κ3) is 2.76. The highest BCUT2D eigenvalue weighted by Gasteiger charge is 2.03. The minimum absolute atomic E-state index is 1.10. The van der Waals surface area contributed by atoms with E-state index in [9.17, 15) is 0 Å².